The van der Waals surface area contributed by atoms with Gasteiger partial charge < -0.3 is 9.47 Å². The largest absolute Gasteiger partial charge is 0.483 e. The van der Waals surface area contributed by atoms with Crippen LogP contribution in [-0.2, 0) is 14.3 Å². The molecule has 1 aromatic rings. The van der Waals surface area contributed by atoms with E-state index < -0.39 is 11.1 Å². The summed E-state index contributed by atoms with van der Waals surface area (Å²) in [6, 6.07) is 10.0. The van der Waals surface area contributed by atoms with Crippen molar-refractivity contribution in [2.45, 2.75) is 49.4 Å². The number of ether oxygens (including phenoxy) is 2. The van der Waals surface area contributed by atoms with Crippen molar-refractivity contribution in [3.8, 4) is 0 Å². The van der Waals surface area contributed by atoms with Gasteiger partial charge in [-0.3, -0.25) is 9.69 Å². The molecule has 1 aromatic carbocycles. The molecule has 126 valence electrons. The van der Waals surface area contributed by atoms with E-state index >= 15 is 0 Å². The number of rotatable bonds is 1. The van der Waals surface area contributed by atoms with Crippen molar-refractivity contribution >= 4 is 11.8 Å². The second-order valence-corrected chi connectivity index (χ2v) is 7.47. The number of benzene rings is 1. The lowest BCUT2D eigenvalue weighted by molar-refractivity contribution is -0.159. The van der Waals surface area contributed by atoms with E-state index in [9.17, 15) is 4.79 Å². The molecule has 6 rings (SSSR count). The second kappa shape index (κ2) is 4.82. The molecule has 0 radical (unpaired) electrons. The Bertz CT molecular complexity index is 719. The van der Waals surface area contributed by atoms with Crippen LogP contribution in [0.2, 0.25) is 0 Å². The summed E-state index contributed by atoms with van der Waals surface area (Å²) in [6.45, 7) is 0.470. The summed E-state index contributed by atoms with van der Waals surface area (Å²) in [5, 5.41) is 0. The van der Waals surface area contributed by atoms with Crippen molar-refractivity contribution in [3.63, 3.8) is 0 Å². The zero-order chi connectivity index (χ0) is 16.4. The molecule has 1 saturated carbocycles. The average Bonchev–Trinajstić information content (AvgIpc) is 3.02. The van der Waals surface area contributed by atoms with Gasteiger partial charge in [0.2, 0.25) is 5.90 Å². The molecule has 3 fully saturated rings. The van der Waals surface area contributed by atoms with Crippen molar-refractivity contribution in [3.05, 3.63) is 35.9 Å². The van der Waals surface area contributed by atoms with Crippen molar-refractivity contribution in [2.75, 3.05) is 13.7 Å². The number of carbonyl (C=O) groups excluding carboxylic acids is 1. The van der Waals surface area contributed by atoms with E-state index in [0.717, 1.165) is 31.2 Å². The highest BCUT2D eigenvalue weighted by molar-refractivity contribution is 6.03. The smallest absolute Gasteiger partial charge is 0.254 e. The van der Waals surface area contributed by atoms with E-state index in [4.69, 9.17) is 14.5 Å². The lowest BCUT2D eigenvalue weighted by Crippen LogP contribution is -2.73. The molecule has 5 nitrogen and oxygen atoms in total. The lowest BCUT2D eigenvalue weighted by atomic mass is 9.61. The van der Waals surface area contributed by atoms with E-state index in [1.807, 2.05) is 35.2 Å². The topological polar surface area (TPSA) is 51.1 Å². The van der Waals surface area contributed by atoms with Gasteiger partial charge in [-0.1, -0.05) is 43.2 Å². The van der Waals surface area contributed by atoms with Crippen molar-refractivity contribution < 1.29 is 14.3 Å². The van der Waals surface area contributed by atoms with E-state index in [-0.39, 0.29) is 12.1 Å². The molecule has 4 aliphatic heterocycles. The first-order chi connectivity index (χ1) is 11.7. The summed E-state index contributed by atoms with van der Waals surface area (Å²) in [6.07, 6.45) is 4.74. The minimum absolute atomic E-state index is 0.144. The maximum absolute atomic E-state index is 13.5. The Labute approximate surface area is 141 Å². The van der Waals surface area contributed by atoms with Crippen LogP contribution in [0, 0.1) is 5.92 Å². The van der Waals surface area contributed by atoms with Gasteiger partial charge >= 0.3 is 0 Å². The van der Waals surface area contributed by atoms with Gasteiger partial charge in [-0.05, 0) is 25.2 Å². The van der Waals surface area contributed by atoms with Crippen LogP contribution in [0.4, 0.5) is 0 Å². The quantitative estimate of drug-likeness (QED) is 0.797. The number of aliphatic imine (C=N–C) groups is 1. The normalized spacial score (nSPS) is 40.1. The molecule has 24 heavy (non-hydrogen) atoms. The predicted octanol–water partition coefficient (Wildman–Crippen LogP) is 2.67. The third-order valence-electron chi connectivity index (χ3n) is 6.36. The average molecular weight is 326 g/mol. The van der Waals surface area contributed by atoms with Crippen LogP contribution in [0.15, 0.2) is 35.3 Å². The minimum Gasteiger partial charge on any atom is -0.483 e. The molecule has 0 N–H and O–H groups in total. The third kappa shape index (κ3) is 1.59. The maximum Gasteiger partial charge on any atom is 0.254 e. The summed E-state index contributed by atoms with van der Waals surface area (Å²) in [7, 11) is 1.67. The van der Waals surface area contributed by atoms with Gasteiger partial charge in [0.15, 0.2) is 6.23 Å². The first kappa shape index (κ1) is 14.5. The first-order valence-electron chi connectivity index (χ1n) is 8.86. The van der Waals surface area contributed by atoms with Crippen LogP contribution in [0.3, 0.4) is 0 Å². The summed E-state index contributed by atoms with van der Waals surface area (Å²) < 4.78 is 11.8. The fourth-order valence-corrected chi connectivity index (χ4v) is 5.27. The fraction of sp³-hybridized carbons (Fsp3) is 0.579. The van der Waals surface area contributed by atoms with E-state index in [2.05, 4.69) is 0 Å². The number of hydrogen-bond donors (Lipinski definition) is 0. The standard InChI is InChI=1S/C19H22N2O3/c1-23-16-18-11-14-9-5-6-10-19(14,20-16)17(22)21(18)15(24-12-18)13-7-3-2-4-8-13/h2-4,7-8,14-15H,5-6,9-12H2,1H3/t14-,15-,18+,19-/m1/s1. The van der Waals surface area contributed by atoms with E-state index in [1.54, 1.807) is 7.11 Å². The number of carbonyl (C=O) groups is 1. The van der Waals surface area contributed by atoms with Gasteiger partial charge in [0, 0.05) is 5.56 Å². The van der Waals surface area contributed by atoms with Gasteiger partial charge in [-0.25, -0.2) is 4.99 Å². The minimum atomic E-state index is -0.619. The predicted molar refractivity (Wildman–Crippen MR) is 88.5 cm³/mol. The monoisotopic (exact) mass is 326 g/mol. The lowest BCUT2D eigenvalue weighted by Gasteiger charge is -2.57. The van der Waals surface area contributed by atoms with E-state index in [0.29, 0.717) is 18.4 Å². The summed E-state index contributed by atoms with van der Waals surface area (Å²) in [5.74, 6) is 1.16. The Kier molecular flexibility index (Phi) is 2.90. The van der Waals surface area contributed by atoms with Crippen LogP contribution in [0.25, 0.3) is 0 Å². The Balaban J connectivity index is 1.66. The number of piperidine rings is 1. The van der Waals surface area contributed by atoms with Crippen LogP contribution in [0.1, 0.15) is 43.9 Å². The molecular formula is C19H22N2O3. The Morgan fingerprint density at radius 1 is 1.29 bits per heavy atom. The molecule has 5 heteroatoms. The second-order valence-electron chi connectivity index (χ2n) is 7.47. The highest BCUT2D eigenvalue weighted by Crippen LogP contribution is 2.57. The molecule has 5 aliphatic rings. The third-order valence-corrected chi connectivity index (χ3v) is 6.36. The zero-order valence-electron chi connectivity index (χ0n) is 13.9. The molecule has 2 bridgehead atoms. The molecule has 0 unspecified atom stereocenters. The number of hydrogen-bond acceptors (Lipinski definition) is 4. The van der Waals surface area contributed by atoms with Crippen molar-refractivity contribution in [1.29, 1.82) is 0 Å². The first-order valence-corrected chi connectivity index (χ1v) is 8.86. The highest BCUT2D eigenvalue weighted by Gasteiger charge is 2.70. The summed E-state index contributed by atoms with van der Waals surface area (Å²) in [5.41, 5.74) is -0.114. The maximum atomic E-state index is 13.5. The molecule has 2 saturated heterocycles. The highest BCUT2D eigenvalue weighted by atomic mass is 16.5. The number of amides is 1. The van der Waals surface area contributed by atoms with Gasteiger partial charge in [-0.2, -0.15) is 0 Å². The molecule has 0 aromatic heterocycles. The van der Waals surface area contributed by atoms with Crippen molar-refractivity contribution in [1.82, 2.24) is 4.90 Å². The van der Waals surface area contributed by atoms with Crippen LogP contribution >= 0.6 is 0 Å². The van der Waals surface area contributed by atoms with Crippen LogP contribution in [0.5, 0.6) is 0 Å². The van der Waals surface area contributed by atoms with Gasteiger partial charge in [0.25, 0.3) is 5.91 Å². The molecule has 1 amide bonds. The zero-order valence-corrected chi connectivity index (χ0v) is 13.9. The Morgan fingerprint density at radius 3 is 2.92 bits per heavy atom. The molecule has 4 atom stereocenters. The molecule has 4 heterocycles. The number of methoxy groups -OCH3 is 1. The molecule has 1 aliphatic carbocycles. The van der Waals surface area contributed by atoms with Crippen molar-refractivity contribution in [2.24, 2.45) is 10.9 Å². The Hall–Kier alpha value is -1.88. The Morgan fingerprint density at radius 2 is 2.12 bits per heavy atom. The summed E-state index contributed by atoms with van der Waals surface area (Å²) >= 11 is 0. The van der Waals surface area contributed by atoms with Gasteiger partial charge in [0.05, 0.1) is 13.7 Å². The van der Waals surface area contributed by atoms with Crippen LogP contribution in [-0.4, -0.2) is 41.5 Å². The SMILES string of the molecule is COC1=N[C@]23CCCC[C@@H]2C[C@]12CO[C@H](c1ccccc1)N2C3=O. The molecule has 2 spiro atoms. The van der Waals surface area contributed by atoms with E-state index in [1.165, 1.54) is 6.42 Å². The van der Waals surface area contributed by atoms with Gasteiger partial charge in [0.1, 0.15) is 11.1 Å². The molecular weight excluding hydrogens is 304 g/mol. The fourth-order valence-electron chi connectivity index (χ4n) is 5.27. The summed E-state index contributed by atoms with van der Waals surface area (Å²) in [4.78, 5) is 20.4. The number of nitrogens with zero attached hydrogens (tertiary/aromatic N) is 2. The van der Waals surface area contributed by atoms with Crippen LogP contribution < -0.4 is 0 Å². The van der Waals surface area contributed by atoms with Gasteiger partial charge in [-0.15, -0.1) is 0 Å².